The van der Waals surface area contributed by atoms with Crippen molar-refractivity contribution in [3.8, 4) is 0 Å². The van der Waals surface area contributed by atoms with Crippen LogP contribution < -0.4 is 10.0 Å². The van der Waals surface area contributed by atoms with Gasteiger partial charge >= 0.3 is 0 Å². The van der Waals surface area contributed by atoms with Crippen molar-refractivity contribution in [2.45, 2.75) is 4.90 Å². The first-order valence-electron chi connectivity index (χ1n) is 5.46. The Morgan fingerprint density at radius 1 is 1.25 bits per heavy atom. The maximum Gasteiger partial charge on any atom is 0.265 e. The Morgan fingerprint density at radius 2 is 1.85 bits per heavy atom. The highest BCUT2D eigenvalue weighted by Gasteiger charge is 2.27. The van der Waals surface area contributed by atoms with Crippen molar-refractivity contribution in [1.29, 1.82) is 0 Å². The summed E-state index contributed by atoms with van der Waals surface area (Å²) in [6.45, 7) is 0. The lowest BCUT2D eigenvalue weighted by Crippen LogP contribution is -2.28. The molecule has 2 rings (SSSR count). The number of nitrogens with two attached hydrogens (primary N) is 1. The topological polar surface area (TPSA) is 80.5 Å². The molecule has 0 atom stereocenters. The van der Waals surface area contributed by atoms with Crippen LogP contribution >= 0.6 is 11.3 Å². The van der Waals surface area contributed by atoms with Crippen molar-refractivity contribution in [3.63, 3.8) is 0 Å². The number of hydrogen-bond donors (Lipinski definition) is 1. The standard InChI is InChI=1S/C12H11FN2O3S2/c1-15(9-4-2-8(13)3-5-9)20(17,18)10-6-7-19-11(10)12(14)16/h2-7H,1H3,(H2,14,16). The molecule has 1 aromatic carbocycles. The van der Waals surface area contributed by atoms with Crippen molar-refractivity contribution in [3.05, 3.63) is 46.4 Å². The largest absolute Gasteiger partial charge is 0.365 e. The lowest BCUT2D eigenvalue weighted by atomic mass is 10.3. The summed E-state index contributed by atoms with van der Waals surface area (Å²) in [5.74, 6) is -1.26. The minimum absolute atomic E-state index is 0.0287. The zero-order valence-electron chi connectivity index (χ0n) is 10.4. The van der Waals surface area contributed by atoms with Crippen molar-refractivity contribution in [2.24, 2.45) is 5.73 Å². The maximum atomic E-state index is 12.9. The molecule has 2 aromatic rings. The Morgan fingerprint density at radius 3 is 2.40 bits per heavy atom. The average molecular weight is 314 g/mol. The number of rotatable bonds is 4. The molecule has 20 heavy (non-hydrogen) atoms. The number of primary amides is 1. The summed E-state index contributed by atoms with van der Waals surface area (Å²) in [6, 6.07) is 6.31. The molecule has 1 aromatic heterocycles. The third-order valence-electron chi connectivity index (χ3n) is 2.68. The first-order valence-corrected chi connectivity index (χ1v) is 7.78. The lowest BCUT2D eigenvalue weighted by molar-refractivity contribution is 0.100. The maximum absolute atomic E-state index is 12.9. The van der Waals surface area contributed by atoms with Crippen LogP contribution in [0, 0.1) is 5.82 Å². The van der Waals surface area contributed by atoms with Crippen molar-refractivity contribution in [2.75, 3.05) is 11.4 Å². The molecule has 0 aliphatic carbocycles. The zero-order chi connectivity index (χ0) is 14.9. The summed E-state index contributed by atoms with van der Waals surface area (Å²) in [7, 11) is -2.59. The number of anilines is 1. The van der Waals surface area contributed by atoms with Gasteiger partial charge in [-0.3, -0.25) is 9.10 Å². The monoisotopic (exact) mass is 314 g/mol. The highest BCUT2D eigenvalue weighted by Crippen LogP contribution is 2.27. The predicted octanol–water partition coefficient (Wildman–Crippen LogP) is 1.81. The molecule has 106 valence electrons. The van der Waals surface area contributed by atoms with Gasteiger partial charge < -0.3 is 5.73 Å². The summed E-state index contributed by atoms with van der Waals surface area (Å²) in [5.41, 5.74) is 5.44. The number of benzene rings is 1. The fourth-order valence-corrected chi connectivity index (χ4v) is 4.07. The Hall–Kier alpha value is -1.93. The summed E-state index contributed by atoms with van der Waals surface area (Å²) in [6.07, 6.45) is 0. The second-order valence-electron chi connectivity index (χ2n) is 3.93. The van der Waals surface area contributed by atoms with Crippen molar-refractivity contribution < 1.29 is 17.6 Å². The molecule has 0 fully saturated rings. The van der Waals surface area contributed by atoms with Crippen LogP contribution in [0.15, 0.2) is 40.6 Å². The molecule has 0 aliphatic heterocycles. The van der Waals surface area contributed by atoms with E-state index < -0.39 is 21.7 Å². The van der Waals surface area contributed by atoms with E-state index >= 15 is 0 Å². The molecule has 5 nitrogen and oxygen atoms in total. The fraction of sp³-hybridized carbons (Fsp3) is 0.0833. The first kappa shape index (κ1) is 14.5. The van der Waals surface area contributed by atoms with Gasteiger partial charge in [-0.15, -0.1) is 11.3 Å². The van der Waals surface area contributed by atoms with Crippen LogP contribution in [0.2, 0.25) is 0 Å². The highest BCUT2D eigenvalue weighted by molar-refractivity contribution is 7.93. The van der Waals surface area contributed by atoms with E-state index in [0.29, 0.717) is 0 Å². The lowest BCUT2D eigenvalue weighted by Gasteiger charge is -2.19. The molecule has 1 heterocycles. The van der Waals surface area contributed by atoms with Crippen LogP contribution in [0.5, 0.6) is 0 Å². The minimum Gasteiger partial charge on any atom is -0.365 e. The van der Waals surface area contributed by atoms with Crippen LogP contribution in [0.25, 0.3) is 0 Å². The van der Waals surface area contributed by atoms with Crippen LogP contribution in [0.3, 0.4) is 0 Å². The molecular weight excluding hydrogens is 303 g/mol. The molecule has 0 saturated carbocycles. The van der Waals surface area contributed by atoms with Crippen molar-refractivity contribution >= 4 is 33.0 Å². The smallest absolute Gasteiger partial charge is 0.265 e. The van der Waals surface area contributed by atoms with Crippen LogP contribution in [0.4, 0.5) is 10.1 Å². The van der Waals surface area contributed by atoms with Gasteiger partial charge in [0.1, 0.15) is 15.6 Å². The Balaban J connectivity index is 2.47. The number of hydrogen-bond acceptors (Lipinski definition) is 4. The number of sulfonamides is 1. The van der Waals surface area contributed by atoms with Gasteiger partial charge in [-0.05, 0) is 35.7 Å². The van der Waals surface area contributed by atoms with Gasteiger partial charge in [0.25, 0.3) is 15.9 Å². The highest BCUT2D eigenvalue weighted by atomic mass is 32.2. The molecule has 0 radical (unpaired) electrons. The van der Waals surface area contributed by atoms with E-state index in [4.69, 9.17) is 5.73 Å². The Labute approximate surface area is 119 Å². The fourth-order valence-electron chi connectivity index (χ4n) is 1.62. The van der Waals surface area contributed by atoms with Crippen LogP contribution in [-0.2, 0) is 10.0 Å². The molecule has 1 amide bonds. The van der Waals surface area contributed by atoms with E-state index in [-0.39, 0.29) is 15.5 Å². The Kier molecular flexibility index (Phi) is 3.78. The predicted molar refractivity (Wildman–Crippen MR) is 74.8 cm³/mol. The molecule has 0 spiro atoms. The van der Waals surface area contributed by atoms with Crippen molar-refractivity contribution in [1.82, 2.24) is 0 Å². The molecule has 0 unspecified atom stereocenters. The summed E-state index contributed by atoms with van der Waals surface area (Å²) in [4.78, 5) is 11.1. The molecular formula is C12H11FN2O3S2. The summed E-state index contributed by atoms with van der Waals surface area (Å²) >= 11 is 0.959. The quantitative estimate of drug-likeness (QED) is 0.934. The average Bonchev–Trinajstić information content (AvgIpc) is 2.89. The number of carbonyl (C=O) groups excluding carboxylic acids is 1. The molecule has 0 aliphatic rings. The van der Waals surface area contributed by atoms with E-state index in [9.17, 15) is 17.6 Å². The van der Waals surface area contributed by atoms with Gasteiger partial charge in [0.05, 0.1) is 5.69 Å². The van der Waals surface area contributed by atoms with E-state index in [1.54, 1.807) is 0 Å². The van der Waals surface area contributed by atoms with Gasteiger partial charge in [0.15, 0.2) is 0 Å². The van der Waals surface area contributed by atoms with Gasteiger partial charge in [-0.1, -0.05) is 0 Å². The number of halogens is 1. The number of nitrogens with zero attached hydrogens (tertiary/aromatic N) is 1. The minimum atomic E-state index is -3.92. The second-order valence-corrected chi connectivity index (χ2v) is 6.78. The third kappa shape index (κ3) is 2.52. The summed E-state index contributed by atoms with van der Waals surface area (Å²) < 4.78 is 38.7. The first-order chi connectivity index (χ1) is 9.34. The van der Waals surface area contributed by atoms with Gasteiger partial charge in [-0.25, -0.2) is 12.8 Å². The van der Waals surface area contributed by atoms with E-state index in [1.807, 2.05) is 0 Å². The van der Waals surface area contributed by atoms with Gasteiger partial charge in [-0.2, -0.15) is 0 Å². The number of carbonyl (C=O) groups is 1. The van der Waals surface area contributed by atoms with E-state index in [1.165, 1.54) is 30.6 Å². The summed E-state index contributed by atoms with van der Waals surface area (Å²) in [5, 5.41) is 1.48. The van der Waals surface area contributed by atoms with Gasteiger partial charge in [0.2, 0.25) is 0 Å². The van der Waals surface area contributed by atoms with Crippen LogP contribution in [0.1, 0.15) is 9.67 Å². The van der Waals surface area contributed by atoms with E-state index in [0.717, 1.165) is 27.8 Å². The Bertz CT molecular complexity index is 738. The number of amides is 1. The van der Waals surface area contributed by atoms with Crippen LogP contribution in [-0.4, -0.2) is 21.4 Å². The third-order valence-corrected chi connectivity index (χ3v) is 5.57. The number of thiophene rings is 1. The molecule has 0 saturated heterocycles. The molecule has 8 heteroatoms. The SMILES string of the molecule is CN(c1ccc(F)cc1)S(=O)(=O)c1ccsc1C(N)=O. The molecule has 0 bridgehead atoms. The normalized spacial score (nSPS) is 11.3. The van der Waals surface area contributed by atoms with E-state index in [2.05, 4.69) is 0 Å². The molecule has 2 N–H and O–H groups in total. The zero-order valence-corrected chi connectivity index (χ0v) is 12.0. The second kappa shape index (κ2) is 5.22. The van der Waals surface area contributed by atoms with Gasteiger partial charge in [0, 0.05) is 7.05 Å².